The molecule has 0 bridgehead atoms. The number of fused-ring (bicyclic) bond motifs is 1. The third kappa shape index (κ3) is 6.24. The predicted molar refractivity (Wildman–Crippen MR) is 179 cm³/mol. The van der Waals surface area contributed by atoms with Crippen LogP contribution in [0.5, 0.6) is 5.75 Å². The number of carbonyl (C=O) groups is 2. The fraction of sp³-hybridized carbons (Fsp3) is 0.370. The lowest BCUT2D eigenvalue weighted by Crippen LogP contribution is -2.60. The minimum atomic E-state index is -5.01. The number of halogens is 4. The van der Waals surface area contributed by atoms with Crippen molar-refractivity contribution in [1.29, 1.82) is 0 Å². The highest BCUT2D eigenvalue weighted by Gasteiger charge is 2.63. The van der Waals surface area contributed by atoms with Gasteiger partial charge in [0, 0.05) is 34.3 Å². The zero-order valence-electron chi connectivity index (χ0n) is 24.4. The van der Waals surface area contributed by atoms with Gasteiger partial charge >= 0.3 is 12.3 Å². The zero-order valence-corrected chi connectivity index (χ0v) is 26.0. The summed E-state index contributed by atoms with van der Waals surface area (Å²) in [6, 6.07) is 10.1. The molecule has 7 nitrogen and oxygen atoms in total. The number of carboxylic acids is 1. The van der Waals surface area contributed by atoms with Gasteiger partial charge in [0.1, 0.15) is 11.6 Å². The highest BCUT2D eigenvalue weighted by molar-refractivity contribution is 9.10. The minimum Gasteiger partial charge on any atom is -0.481 e. The number of anilines is 1. The number of pyridine rings is 1. The molecule has 1 saturated heterocycles. The molecule has 1 aliphatic heterocycles. The number of carbonyl (C=O) groups excluding carboxylic acids is 1. The van der Waals surface area contributed by atoms with E-state index in [0.29, 0.717) is 9.86 Å². The molecule has 1 fully saturated rings. The van der Waals surface area contributed by atoms with Crippen LogP contribution in [0.2, 0.25) is 10.4 Å². The highest BCUT2D eigenvalue weighted by Crippen LogP contribution is 2.64. The standard InChI is InChI=1S/C27H19B8BrF3N3O4/c1-12-20(22(45)40-11-13(6-9-19(43)44)15-4-2-3-5-18(15)46-27(37,38)39)16-10-14(36)7-8-17(16)41-21(12)42-25(32,33)23(28,29)24(30,31)26(42,34)35/h2-5,7-8,10,13H,6,9,11H2,1H3,(H,40,45)(H,43,44). The van der Waals surface area contributed by atoms with E-state index in [2.05, 4.69) is 31.0 Å². The second kappa shape index (κ2) is 12.3. The number of alkyl halides is 3. The maximum atomic E-state index is 14.0. The molecule has 16 radical (unpaired) electrons. The fourth-order valence-electron chi connectivity index (χ4n) is 5.52. The van der Waals surface area contributed by atoms with Crippen LogP contribution in [0.1, 0.15) is 40.2 Å². The third-order valence-electron chi connectivity index (χ3n) is 8.15. The molecular formula is C27H19B8BrF3N3O4. The summed E-state index contributed by atoms with van der Waals surface area (Å²) in [5.74, 6) is -3.50. The number of aliphatic carboxylic acids is 1. The van der Waals surface area contributed by atoms with E-state index >= 15 is 0 Å². The van der Waals surface area contributed by atoms with Gasteiger partial charge in [0.05, 0.1) is 73.9 Å². The Balaban J connectivity index is 1.82. The zero-order chi connectivity index (χ0) is 34.6. The van der Waals surface area contributed by atoms with Gasteiger partial charge in [0.25, 0.3) is 5.91 Å². The number of carboxylic acid groups (broad SMARTS) is 1. The molecule has 2 heterocycles. The van der Waals surface area contributed by atoms with Gasteiger partial charge in [-0.25, -0.2) is 4.98 Å². The average molecular weight is 673 g/mol. The van der Waals surface area contributed by atoms with Gasteiger partial charge in [-0.3, -0.25) is 9.59 Å². The van der Waals surface area contributed by atoms with E-state index < -0.39 is 57.4 Å². The van der Waals surface area contributed by atoms with Crippen molar-refractivity contribution in [2.24, 2.45) is 0 Å². The SMILES string of the molecule is [B]C1([B])N(c2nc3ccc(Br)cc3c(C(=O)NCC(CCC(=O)O)c3ccccc3OC(F)(F)F)c2C)C([B])([B])C([B])([B])C1([B])[B]. The minimum absolute atomic E-state index is 0.0101. The van der Waals surface area contributed by atoms with Crippen LogP contribution >= 0.6 is 15.9 Å². The van der Waals surface area contributed by atoms with Gasteiger partial charge in [-0.2, -0.15) is 0 Å². The van der Waals surface area contributed by atoms with Gasteiger partial charge in [-0.15, -0.1) is 23.6 Å². The highest BCUT2D eigenvalue weighted by atomic mass is 79.9. The molecule has 218 valence electrons. The van der Waals surface area contributed by atoms with Crippen molar-refractivity contribution in [2.45, 2.75) is 53.1 Å². The molecule has 1 aliphatic rings. The first-order valence-electron chi connectivity index (χ1n) is 13.6. The third-order valence-corrected chi connectivity index (χ3v) is 8.65. The van der Waals surface area contributed by atoms with Crippen LogP contribution in [-0.4, -0.2) is 108 Å². The number of benzene rings is 2. The average Bonchev–Trinajstić information content (AvgIpc) is 2.99. The van der Waals surface area contributed by atoms with Crippen LogP contribution in [-0.2, 0) is 4.79 Å². The lowest BCUT2D eigenvalue weighted by Gasteiger charge is -2.49. The Kier molecular flexibility index (Phi) is 9.65. The van der Waals surface area contributed by atoms with Crippen LogP contribution in [0.15, 0.2) is 46.9 Å². The lowest BCUT2D eigenvalue weighted by atomic mass is 9.17. The van der Waals surface area contributed by atoms with Crippen molar-refractivity contribution in [3.05, 3.63) is 63.6 Å². The summed E-state index contributed by atoms with van der Waals surface area (Å²) in [6.45, 7) is 1.19. The molecule has 0 saturated carbocycles. The maximum absolute atomic E-state index is 14.0. The van der Waals surface area contributed by atoms with Crippen molar-refractivity contribution in [3.8, 4) is 5.75 Å². The Labute approximate surface area is 283 Å². The molecule has 3 aromatic rings. The number of amides is 1. The fourth-order valence-corrected chi connectivity index (χ4v) is 5.88. The van der Waals surface area contributed by atoms with Crippen LogP contribution < -0.4 is 15.0 Å². The monoisotopic (exact) mass is 673 g/mol. The predicted octanol–water partition coefficient (Wildman–Crippen LogP) is 2.29. The quantitative estimate of drug-likeness (QED) is 0.340. The van der Waals surface area contributed by atoms with Crippen LogP contribution in [0.3, 0.4) is 0 Å². The Bertz CT molecular complexity index is 1670. The van der Waals surface area contributed by atoms with Gasteiger partial charge in [-0.1, -0.05) is 34.1 Å². The first kappa shape index (κ1) is 36.0. The molecule has 46 heavy (non-hydrogen) atoms. The van der Waals surface area contributed by atoms with Gasteiger partial charge < -0.3 is 20.1 Å². The molecule has 1 amide bonds. The summed E-state index contributed by atoms with van der Waals surface area (Å²) >= 11 is 3.37. The van der Waals surface area contributed by atoms with Crippen molar-refractivity contribution in [2.75, 3.05) is 11.4 Å². The van der Waals surface area contributed by atoms with E-state index in [4.69, 9.17) is 62.8 Å². The summed E-state index contributed by atoms with van der Waals surface area (Å²) in [5.41, 5.74) is 0.406. The Hall–Kier alpha value is -2.82. The molecule has 4 rings (SSSR count). The Morgan fingerprint density at radius 1 is 1.02 bits per heavy atom. The second-order valence-corrected chi connectivity index (χ2v) is 12.2. The van der Waals surface area contributed by atoms with Crippen molar-refractivity contribution in [3.63, 3.8) is 0 Å². The summed E-state index contributed by atoms with van der Waals surface area (Å²) < 4.78 is 44.2. The van der Waals surface area contributed by atoms with E-state index in [9.17, 15) is 27.9 Å². The van der Waals surface area contributed by atoms with E-state index in [-0.39, 0.29) is 41.0 Å². The number of hydrogen-bond acceptors (Lipinski definition) is 5. The number of nitrogens with zero attached hydrogens (tertiary/aromatic N) is 2. The largest absolute Gasteiger partial charge is 0.573 e. The second-order valence-electron chi connectivity index (χ2n) is 11.2. The molecule has 1 unspecified atom stereocenters. The summed E-state index contributed by atoms with van der Waals surface area (Å²) in [5, 5.41) is 3.07. The number of rotatable bonds is 9. The Morgan fingerprint density at radius 3 is 2.17 bits per heavy atom. The molecule has 1 aromatic heterocycles. The smallest absolute Gasteiger partial charge is 0.481 e. The van der Waals surface area contributed by atoms with Crippen LogP contribution in [0, 0.1) is 6.92 Å². The van der Waals surface area contributed by atoms with E-state index in [1.807, 2.05) is 0 Å². The van der Waals surface area contributed by atoms with Crippen LogP contribution in [0.4, 0.5) is 19.0 Å². The Morgan fingerprint density at radius 2 is 1.61 bits per heavy atom. The summed E-state index contributed by atoms with van der Waals surface area (Å²) in [7, 11) is 50.3. The molecular weight excluding hydrogens is 654 g/mol. The summed E-state index contributed by atoms with van der Waals surface area (Å²) in [6.07, 6.45) is -5.56. The molecule has 19 heteroatoms. The van der Waals surface area contributed by atoms with E-state index in [1.165, 1.54) is 25.1 Å². The molecule has 0 spiro atoms. The number of nitrogens with one attached hydrogen (secondary N) is 1. The van der Waals surface area contributed by atoms with Gasteiger partial charge in [0.2, 0.25) is 0 Å². The van der Waals surface area contributed by atoms with Crippen LogP contribution in [0.25, 0.3) is 10.9 Å². The summed E-state index contributed by atoms with van der Waals surface area (Å²) in [4.78, 5) is 30.9. The van der Waals surface area contributed by atoms with Crippen molar-refractivity contribution < 1.29 is 32.6 Å². The molecule has 1 atom stereocenters. The number of ether oxygens (including phenoxy) is 1. The maximum Gasteiger partial charge on any atom is 0.573 e. The molecule has 2 N–H and O–H groups in total. The number of para-hydroxylation sites is 1. The topological polar surface area (TPSA) is 91.8 Å². The number of hydrogen-bond donors (Lipinski definition) is 2. The van der Waals surface area contributed by atoms with Crippen molar-refractivity contribution in [1.82, 2.24) is 10.3 Å². The van der Waals surface area contributed by atoms with Gasteiger partial charge in [0.15, 0.2) is 0 Å². The first-order chi connectivity index (χ1) is 21.0. The normalized spacial score (nSPS) is 18.6. The molecule has 0 aliphatic carbocycles. The van der Waals surface area contributed by atoms with Gasteiger partial charge in [-0.05, 0) is 53.8 Å². The van der Waals surface area contributed by atoms with E-state index in [0.717, 1.165) is 11.0 Å². The number of aromatic nitrogens is 1. The van der Waals surface area contributed by atoms with E-state index in [1.54, 1.807) is 18.2 Å². The first-order valence-corrected chi connectivity index (χ1v) is 14.4. The molecule has 2 aromatic carbocycles. The lowest BCUT2D eigenvalue weighted by molar-refractivity contribution is -0.275. The van der Waals surface area contributed by atoms with Crippen molar-refractivity contribution >= 4 is 107 Å².